The van der Waals surface area contributed by atoms with Gasteiger partial charge in [-0.3, -0.25) is 0 Å². The van der Waals surface area contributed by atoms with Crippen molar-refractivity contribution in [2.45, 2.75) is 40.5 Å². The molecule has 1 heterocycles. The first-order chi connectivity index (χ1) is 9.85. The Balaban J connectivity index is 2.33. The van der Waals surface area contributed by atoms with Gasteiger partial charge in [-0.2, -0.15) is 0 Å². The van der Waals surface area contributed by atoms with Gasteiger partial charge >= 0.3 is 0 Å². The van der Waals surface area contributed by atoms with Gasteiger partial charge in [-0.05, 0) is 54.3 Å². The van der Waals surface area contributed by atoms with E-state index in [4.69, 9.17) is 10.7 Å². The van der Waals surface area contributed by atoms with Crippen LogP contribution in [-0.2, 0) is 12.8 Å². The molecule has 0 bridgehead atoms. The van der Waals surface area contributed by atoms with E-state index in [1.165, 1.54) is 16.7 Å². The Bertz CT molecular complexity index is 630. The maximum Gasteiger partial charge on any atom is 0.140 e. The van der Waals surface area contributed by atoms with E-state index in [-0.39, 0.29) is 0 Å². The van der Waals surface area contributed by atoms with E-state index in [9.17, 15) is 0 Å². The topological polar surface area (TPSA) is 51.8 Å². The number of nitrogens with two attached hydrogens (primary N) is 1. The molecule has 0 fully saturated rings. The molecule has 3 nitrogen and oxygen atoms in total. The highest BCUT2D eigenvalue weighted by molar-refractivity contribution is 14.1. The van der Waals surface area contributed by atoms with Crippen molar-refractivity contribution >= 4 is 28.4 Å². The fraction of sp³-hybridized carbons (Fsp3) is 0.412. The molecule has 0 atom stereocenters. The van der Waals surface area contributed by atoms with Crippen molar-refractivity contribution in [3.05, 3.63) is 50.0 Å². The van der Waals surface area contributed by atoms with Gasteiger partial charge in [0.2, 0.25) is 0 Å². The van der Waals surface area contributed by atoms with Gasteiger partial charge in [-0.15, -0.1) is 0 Å². The molecule has 0 aliphatic heterocycles. The van der Waals surface area contributed by atoms with E-state index < -0.39 is 0 Å². The van der Waals surface area contributed by atoms with Gasteiger partial charge in [0.05, 0.1) is 9.26 Å². The Hall–Kier alpha value is -1.17. The van der Waals surface area contributed by atoms with E-state index >= 15 is 0 Å². The van der Waals surface area contributed by atoms with E-state index in [2.05, 4.69) is 73.5 Å². The number of nitrogen functional groups attached to an aromatic ring is 1. The summed E-state index contributed by atoms with van der Waals surface area (Å²) >= 11 is 2.25. The fourth-order valence-electron chi connectivity index (χ4n) is 2.52. The second-order valence-corrected chi connectivity index (χ2v) is 7.14. The Labute approximate surface area is 140 Å². The van der Waals surface area contributed by atoms with Crippen LogP contribution in [0, 0.1) is 23.3 Å². The first kappa shape index (κ1) is 16.2. The van der Waals surface area contributed by atoms with Gasteiger partial charge in [0.15, 0.2) is 0 Å². The average molecular weight is 395 g/mol. The quantitative estimate of drug-likeness (QED) is 0.795. The minimum atomic E-state index is 0.557. The number of halogens is 1. The molecule has 4 heteroatoms. The second kappa shape index (κ2) is 6.73. The molecule has 2 rings (SSSR count). The lowest BCUT2D eigenvalue weighted by Crippen LogP contribution is -2.10. The highest BCUT2D eigenvalue weighted by Gasteiger charge is 2.12. The molecular formula is C17H22IN3. The first-order valence-electron chi connectivity index (χ1n) is 7.23. The molecule has 2 N–H and O–H groups in total. The van der Waals surface area contributed by atoms with Crippen LogP contribution in [0.1, 0.15) is 42.1 Å². The summed E-state index contributed by atoms with van der Waals surface area (Å²) in [5.74, 6) is 1.97. The number of aromatic nitrogens is 2. The average Bonchev–Trinajstić information content (AvgIpc) is 2.33. The van der Waals surface area contributed by atoms with Crippen molar-refractivity contribution in [2.75, 3.05) is 5.73 Å². The summed E-state index contributed by atoms with van der Waals surface area (Å²) in [7, 11) is 0. The molecule has 0 unspecified atom stereocenters. The van der Waals surface area contributed by atoms with Crippen LogP contribution in [0.2, 0.25) is 0 Å². The maximum absolute atomic E-state index is 6.05. The Morgan fingerprint density at radius 3 is 2.29 bits per heavy atom. The second-order valence-electron chi connectivity index (χ2n) is 6.06. The van der Waals surface area contributed by atoms with Gasteiger partial charge < -0.3 is 5.73 Å². The van der Waals surface area contributed by atoms with Crippen LogP contribution in [0.3, 0.4) is 0 Å². The molecule has 1 aromatic carbocycles. The molecular weight excluding hydrogens is 373 g/mol. The monoisotopic (exact) mass is 395 g/mol. The van der Waals surface area contributed by atoms with Crippen LogP contribution in [-0.4, -0.2) is 9.97 Å². The zero-order valence-electron chi connectivity index (χ0n) is 13.1. The van der Waals surface area contributed by atoms with Crippen LogP contribution in [0.15, 0.2) is 18.2 Å². The molecule has 0 radical (unpaired) electrons. The van der Waals surface area contributed by atoms with Gasteiger partial charge in [-0.1, -0.05) is 43.2 Å². The highest BCUT2D eigenvalue weighted by atomic mass is 127. The van der Waals surface area contributed by atoms with Gasteiger partial charge in [0.25, 0.3) is 0 Å². The third kappa shape index (κ3) is 4.40. The highest BCUT2D eigenvalue weighted by Crippen LogP contribution is 2.21. The van der Waals surface area contributed by atoms with E-state index in [0.717, 1.165) is 27.9 Å². The summed E-state index contributed by atoms with van der Waals surface area (Å²) in [5, 5.41) is 0. The third-order valence-corrected chi connectivity index (χ3v) is 4.41. The zero-order chi connectivity index (χ0) is 15.6. The number of benzene rings is 1. The molecule has 0 aliphatic rings. The smallest absolute Gasteiger partial charge is 0.140 e. The number of aryl methyl sites for hydroxylation is 2. The predicted octanol–water partition coefficient (Wildman–Crippen LogP) is 4.07. The van der Waals surface area contributed by atoms with Crippen molar-refractivity contribution < 1.29 is 0 Å². The molecule has 0 saturated heterocycles. The number of hydrogen-bond acceptors (Lipinski definition) is 3. The number of rotatable bonds is 4. The SMILES string of the molecule is Cc1cc(C)cc(Cc2nc(N)c(I)c(CC(C)C)n2)c1. The van der Waals surface area contributed by atoms with E-state index in [0.29, 0.717) is 11.7 Å². The maximum atomic E-state index is 6.05. The molecule has 2 aromatic rings. The Kier molecular flexibility index (Phi) is 5.19. The van der Waals surface area contributed by atoms with Crippen molar-refractivity contribution in [1.82, 2.24) is 9.97 Å². The summed E-state index contributed by atoms with van der Waals surface area (Å²) in [6, 6.07) is 6.55. The third-order valence-electron chi connectivity index (χ3n) is 3.24. The summed E-state index contributed by atoms with van der Waals surface area (Å²) in [5.41, 5.74) is 10.9. The van der Waals surface area contributed by atoms with Crippen molar-refractivity contribution in [1.29, 1.82) is 0 Å². The largest absolute Gasteiger partial charge is 0.383 e. The molecule has 0 saturated carbocycles. The van der Waals surface area contributed by atoms with Crippen molar-refractivity contribution in [2.24, 2.45) is 5.92 Å². The molecule has 0 amide bonds. The fourth-order valence-corrected chi connectivity index (χ4v) is 2.98. The minimum absolute atomic E-state index is 0.557. The predicted molar refractivity (Wildman–Crippen MR) is 96.4 cm³/mol. The molecule has 21 heavy (non-hydrogen) atoms. The zero-order valence-corrected chi connectivity index (χ0v) is 15.2. The number of hydrogen-bond donors (Lipinski definition) is 1. The molecule has 112 valence electrons. The number of nitrogens with zero attached hydrogens (tertiary/aromatic N) is 2. The molecule has 1 aromatic heterocycles. The lowest BCUT2D eigenvalue weighted by atomic mass is 10.0. The van der Waals surface area contributed by atoms with Crippen LogP contribution >= 0.6 is 22.6 Å². The number of anilines is 1. The van der Waals surface area contributed by atoms with Gasteiger partial charge in [0.1, 0.15) is 11.6 Å². The van der Waals surface area contributed by atoms with E-state index in [1.54, 1.807) is 0 Å². The standard InChI is InChI=1S/C17H22IN3/c1-10(2)5-14-16(18)17(19)21-15(20-14)9-13-7-11(3)6-12(4)8-13/h6-8,10H,5,9H2,1-4H3,(H2,19,20,21). The normalized spacial score (nSPS) is 11.1. The lowest BCUT2D eigenvalue weighted by molar-refractivity contribution is 0.629. The summed E-state index contributed by atoms with van der Waals surface area (Å²) in [4.78, 5) is 9.18. The van der Waals surface area contributed by atoms with Gasteiger partial charge in [-0.25, -0.2) is 9.97 Å². The van der Waals surface area contributed by atoms with Crippen LogP contribution in [0.4, 0.5) is 5.82 Å². The van der Waals surface area contributed by atoms with Gasteiger partial charge in [0, 0.05) is 6.42 Å². The van der Waals surface area contributed by atoms with Crippen molar-refractivity contribution in [3.63, 3.8) is 0 Å². The van der Waals surface area contributed by atoms with Crippen molar-refractivity contribution in [3.8, 4) is 0 Å². The van der Waals surface area contributed by atoms with Crippen LogP contribution in [0.5, 0.6) is 0 Å². The Morgan fingerprint density at radius 1 is 1.10 bits per heavy atom. The lowest BCUT2D eigenvalue weighted by Gasteiger charge is -2.11. The van der Waals surface area contributed by atoms with Crippen LogP contribution < -0.4 is 5.73 Å². The molecule has 0 aliphatic carbocycles. The van der Waals surface area contributed by atoms with E-state index in [1.807, 2.05) is 0 Å². The summed E-state index contributed by atoms with van der Waals surface area (Å²) in [6.45, 7) is 8.61. The van der Waals surface area contributed by atoms with Crippen LogP contribution in [0.25, 0.3) is 0 Å². The summed E-state index contributed by atoms with van der Waals surface area (Å²) < 4.78 is 0.991. The Morgan fingerprint density at radius 2 is 1.71 bits per heavy atom. The first-order valence-corrected chi connectivity index (χ1v) is 8.31. The molecule has 0 spiro atoms. The summed E-state index contributed by atoms with van der Waals surface area (Å²) in [6.07, 6.45) is 1.67. The minimum Gasteiger partial charge on any atom is -0.383 e.